The molecule has 0 aliphatic heterocycles. The number of nitrogens with zero attached hydrogens (tertiary/aromatic N) is 1. The van der Waals surface area contributed by atoms with Gasteiger partial charge in [-0.2, -0.15) is 0 Å². The van der Waals surface area contributed by atoms with Crippen LogP contribution in [0.1, 0.15) is 11.5 Å². The van der Waals surface area contributed by atoms with Gasteiger partial charge in [-0.15, -0.1) is 0 Å². The van der Waals surface area contributed by atoms with Crippen LogP contribution in [0, 0.1) is 6.92 Å². The van der Waals surface area contributed by atoms with Crippen molar-refractivity contribution in [1.29, 1.82) is 0 Å². The van der Waals surface area contributed by atoms with Crippen molar-refractivity contribution in [3.8, 4) is 0 Å². The fourth-order valence-electron chi connectivity index (χ4n) is 0.617. The molecule has 0 saturated heterocycles. The largest absolute Gasteiger partial charge is 0.447 e. The van der Waals surface area contributed by atoms with E-state index < -0.39 is 5.43 Å². The van der Waals surface area contributed by atoms with E-state index in [1.165, 1.54) is 0 Å². The van der Waals surface area contributed by atoms with Crippen LogP contribution < -0.4 is 0 Å². The smallest absolute Gasteiger partial charge is 0.404 e. The summed E-state index contributed by atoms with van der Waals surface area (Å²) in [5.41, 5.74) is -0.290. The fraction of sp³-hybridized carbons (Fsp3) is 0.333. The highest BCUT2D eigenvalue weighted by molar-refractivity contribution is 6.61. The van der Waals surface area contributed by atoms with Crippen LogP contribution in [0.3, 0.4) is 0 Å². The number of carbonyl (C=O) groups excluding carboxylic acids is 1. The number of carbonyl (C=O) groups is 1. The predicted octanol–water partition coefficient (Wildman–Crippen LogP) is 1.86. The van der Waals surface area contributed by atoms with Gasteiger partial charge in [0.2, 0.25) is 0 Å². The average molecular weight is 176 g/mol. The second-order valence-corrected chi connectivity index (χ2v) is 2.26. The van der Waals surface area contributed by atoms with Crippen LogP contribution in [-0.4, -0.2) is 10.6 Å². The number of halogens is 1. The highest BCUT2D eigenvalue weighted by Crippen LogP contribution is 2.03. The lowest BCUT2D eigenvalue weighted by Gasteiger charge is -1.92. The molecule has 0 saturated carbocycles. The molecule has 0 N–H and O–H groups in total. The third-order valence-electron chi connectivity index (χ3n) is 1.01. The maximum Gasteiger partial charge on any atom is 0.404 e. The second-order valence-electron chi connectivity index (χ2n) is 1.96. The van der Waals surface area contributed by atoms with Crippen LogP contribution in [0.4, 0.5) is 4.79 Å². The van der Waals surface area contributed by atoms with Crippen LogP contribution in [-0.2, 0) is 11.3 Å². The maximum absolute atomic E-state index is 10.1. The van der Waals surface area contributed by atoms with Gasteiger partial charge in [-0.05, 0) is 6.92 Å². The first-order chi connectivity index (χ1) is 5.18. The van der Waals surface area contributed by atoms with Gasteiger partial charge < -0.3 is 9.26 Å². The van der Waals surface area contributed by atoms with Gasteiger partial charge in [0.05, 0.1) is 0 Å². The van der Waals surface area contributed by atoms with Gasteiger partial charge in [-0.1, -0.05) is 5.16 Å². The van der Waals surface area contributed by atoms with Crippen molar-refractivity contribution in [3.05, 3.63) is 17.5 Å². The van der Waals surface area contributed by atoms with Gasteiger partial charge in [-0.25, -0.2) is 4.79 Å². The molecule has 60 valence electrons. The topological polar surface area (TPSA) is 52.3 Å². The lowest BCUT2D eigenvalue weighted by Crippen LogP contribution is -1.94. The monoisotopic (exact) mass is 175 g/mol. The van der Waals surface area contributed by atoms with Crippen LogP contribution in [0.25, 0.3) is 0 Å². The minimum absolute atomic E-state index is 0.0552. The lowest BCUT2D eigenvalue weighted by molar-refractivity contribution is 0.164. The third-order valence-corrected chi connectivity index (χ3v) is 1.12. The molecule has 0 unspecified atom stereocenters. The van der Waals surface area contributed by atoms with Gasteiger partial charge in [0.15, 0.2) is 0 Å². The van der Waals surface area contributed by atoms with E-state index in [1.807, 2.05) is 0 Å². The van der Waals surface area contributed by atoms with E-state index >= 15 is 0 Å². The molecule has 0 aliphatic rings. The number of hydrogen-bond donors (Lipinski definition) is 0. The molecule has 1 aromatic rings. The minimum Gasteiger partial charge on any atom is -0.447 e. The molecule has 0 bridgehead atoms. The van der Waals surface area contributed by atoms with Crippen molar-refractivity contribution >= 4 is 17.0 Å². The molecule has 1 heterocycles. The molecule has 0 amide bonds. The van der Waals surface area contributed by atoms with Crippen molar-refractivity contribution in [1.82, 2.24) is 5.16 Å². The Morgan fingerprint density at radius 2 is 2.64 bits per heavy atom. The highest BCUT2D eigenvalue weighted by atomic mass is 35.5. The van der Waals surface area contributed by atoms with E-state index in [1.54, 1.807) is 13.0 Å². The predicted molar refractivity (Wildman–Crippen MR) is 37.3 cm³/mol. The maximum atomic E-state index is 10.1. The molecular formula is C6H6ClNO3. The Morgan fingerprint density at radius 1 is 1.91 bits per heavy atom. The van der Waals surface area contributed by atoms with E-state index in [2.05, 4.69) is 9.89 Å². The zero-order valence-corrected chi connectivity index (χ0v) is 6.59. The number of aryl methyl sites for hydroxylation is 1. The quantitative estimate of drug-likeness (QED) is 0.644. The summed E-state index contributed by atoms with van der Waals surface area (Å²) < 4.78 is 9.16. The van der Waals surface area contributed by atoms with Crippen molar-refractivity contribution in [2.45, 2.75) is 13.5 Å². The molecule has 0 radical (unpaired) electrons. The Balaban J connectivity index is 2.45. The van der Waals surface area contributed by atoms with Crippen LogP contribution in [0.15, 0.2) is 10.6 Å². The first-order valence-electron chi connectivity index (χ1n) is 2.93. The molecule has 0 aromatic carbocycles. The number of ether oxygens (including phenoxy) is 1. The van der Waals surface area contributed by atoms with E-state index in [-0.39, 0.29) is 6.61 Å². The Kier molecular flexibility index (Phi) is 2.48. The van der Waals surface area contributed by atoms with E-state index in [9.17, 15) is 4.79 Å². The Morgan fingerprint density at radius 3 is 3.09 bits per heavy atom. The number of aromatic nitrogens is 1. The second kappa shape index (κ2) is 3.39. The molecule has 4 nitrogen and oxygen atoms in total. The van der Waals surface area contributed by atoms with Crippen molar-refractivity contribution in [3.63, 3.8) is 0 Å². The van der Waals surface area contributed by atoms with Crippen LogP contribution in [0.2, 0.25) is 0 Å². The van der Waals surface area contributed by atoms with Crippen molar-refractivity contribution in [2.75, 3.05) is 0 Å². The highest BCUT2D eigenvalue weighted by Gasteiger charge is 2.02. The summed E-state index contributed by atoms with van der Waals surface area (Å²) in [5.74, 6) is 0.672. The first kappa shape index (κ1) is 8.07. The molecule has 0 spiro atoms. The standard InChI is InChI=1S/C6H6ClNO3/c1-4-2-5(8-11-4)3-10-6(7)9/h2H,3H2,1H3. The Labute approximate surface area is 68.1 Å². The summed E-state index contributed by atoms with van der Waals surface area (Å²) in [7, 11) is 0. The molecule has 0 fully saturated rings. The Bertz CT molecular complexity index is 258. The summed E-state index contributed by atoms with van der Waals surface area (Å²) in [6, 6.07) is 1.67. The molecule has 0 aliphatic carbocycles. The third kappa shape index (κ3) is 2.59. The molecule has 0 atom stereocenters. The van der Waals surface area contributed by atoms with E-state index in [4.69, 9.17) is 16.1 Å². The summed E-state index contributed by atoms with van der Waals surface area (Å²) in [4.78, 5) is 10.1. The van der Waals surface area contributed by atoms with E-state index in [0.717, 1.165) is 0 Å². The fourth-order valence-corrected chi connectivity index (χ4v) is 0.671. The van der Waals surface area contributed by atoms with Crippen molar-refractivity contribution in [2.24, 2.45) is 0 Å². The zero-order valence-electron chi connectivity index (χ0n) is 5.83. The average Bonchev–Trinajstić information content (AvgIpc) is 2.31. The number of rotatable bonds is 2. The normalized spacial score (nSPS) is 9.64. The summed E-state index contributed by atoms with van der Waals surface area (Å²) in [6.45, 7) is 1.80. The number of hydrogen-bond acceptors (Lipinski definition) is 4. The zero-order chi connectivity index (χ0) is 8.27. The summed E-state index contributed by atoms with van der Waals surface area (Å²) in [5, 5.41) is 3.58. The minimum atomic E-state index is -0.842. The molecule has 1 aromatic heterocycles. The lowest BCUT2D eigenvalue weighted by atomic mass is 10.4. The van der Waals surface area contributed by atoms with Gasteiger partial charge in [0.25, 0.3) is 0 Å². The van der Waals surface area contributed by atoms with E-state index in [0.29, 0.717) is 11.5 Å². The van der Waals surface area contributed by atoms with Crippen LogP contribution in [0.5, 0.6) is 0 Å². The van der Waals surface area contributed by atoms with Gasteiger partial charge in [0.1, 0.15) is 18.1 Å². The van der Waals surface area contributed by atoms with Crippen LogP contribution >= 0.6 is 11.6 Å². The summed E-state index contributed by atoms with van der Waals surface area (Å²) in [6.07, 6.45) is 0. The van der Waals surface area contributed by atoms with Gasteiger partial charge in [-0.3, -0.25) is 0 Å². The van der Waals surface area contributed by atoms with Crippen molar-refractivity contribution < 1.29 is 14.1 Å². The SMILES string of the molecule is Cc1cc(COC(=O)Cl)no1. The first-order valence-corrected chi connectivity index (χ1v) is 3.31. The summed E-state index contributed by atoms with van der Waals surface area (Å²) >= 11 is 4.91. The van der Waals surface area contributed by atoms with Gasteiger partial charge >= 0.3 is 5.43 Å². The molecular weight excluding hydrogens is 170 g/mol. The molecule has 11 heavy (non-hydrogen) atoms. The molecule has 1 rings (SSSR count). The van der Waals surface area contributed by atoms with Gasteiger partial charge in [0, 0.05) is 17.7 Å². The molecule has 5 heteroatoms. The Hall–Kier alpha value is -1.03.